The Labute approximate surface area is 203 Å². The molecule has 0 aromatic carbocycles. The van der Waals surface area contributed by atoms with E-state index in [2.05, 4.69) is 26.9 Å². The summed E-state index contributed by atoms with van der Waals surface area (Å²) in [7, 11) is 1.27. The van der Waals surface area contributed by atoms with Crippen molar-refractivity contribution in [3.63, 3.8) is 0 Å². The number of aromatic nitrogens is 1. The van der Waals surface area contributed by atoms with Crippen molar-refractivity contribution in [3.8, 4) is 0 Å². The van der Waals surface area contributed by atoms with Gasteiger partial charge < -0.3 is 26.1 Å². The highest BCUT2D eigenvalue weighted by molar-refractivity contribution is 8.04. The maximum Gasteiger partial charge on any atom is 0.352 e. The molecule has 2 atom stereocenters. The van der Waals surface area contributed by atoms with E-state index in [1.54, 1.807) is 27.7 Å². The first-order valence-electron chi connectivity index (χ1n) is 9.70. The normalized spacial score (nSPS) is 20.0. The molecule has 1 aromatic rings. The molecule has 0 aliphatic carbocycles. The van der Waals surface area contributed by atoms with Crippen LogP contribution in [0.25, 0.3) is 0 Å². The Bertz CT molecular complexity index is 1100. The molecular weight excluding hydrogens is 486 g/mol. The Morgan fingerprint density at radius 3 is 2.35 bits per heavy atom. The second kappa shape index (κ2) is 10.3. The number of allylic oxidation sites excluding steroid dienone is 1. The van der Waals surface area contributed by atoms with E-state index in [0.717, 1.165) is 16.2 Å². The van der Waals surface area contributed by atoms with E-state index in [0.29, 0.717) is 10.5 Å². The van der Waals surface area contributed by atoms with E-state index >= 15 is 0 Å². The molecule has 0 unspecified atom stereocenters. The number of nitrogens with two attached hydrogens (primary N) is 1. The van der Waals surface area contributed by atoms with Crippen molar-refractivity contribution in [1.82, 2.24) is 15.2 Å². The molecule has 3 heterocycles. The van der Waals surface area contributed by atoms with E-state index in [9.17, 15) is 24.3 Å². The van der Waals surface area contributed by atoms with Crippen LogP contribution in [0.4, 0.5) is 5.13 Å². The highest BCUT2D eigenvalue weighted by atomic mass is 32.2. The number of fused-ring (bicyclic) bond motifs is 1. The van der Waals surface area contributed by atoms with E-state index < -0.39 is 40.6 Å². The van der Waals surface area contributed by atoms with Gasteiger partial charge in [0, 0.05) is 10.3 Å². The van der Waals surface area contributed by atoms with Crippen molar-refractivity contribution < 1.29 is 34.2 Å². The Morgan fingerprint density at radius 1 is 1.32 bits per heavy atom. The summed E-state index contributed by atoms with van der Waals surface area (Å²) in [6, 6.07) is -0.931. The highest BCUT2D eigenvalue weighted by Gasteiger charge is 2.54. The summed E-state index contributed by atoms with van der Waals surface area (Å²) in [4.78, 5) is 57.0. The molecule has 2 aliphatic heterocycles. The van der Waals surface area contributed by atoms with Crippen molar-refractivity contribution in [3.05, 3.63) is 33.8 Å². The van der Waals surface area contributed by atoms with Gasteiger partial charge in [0.15, 0.2) is 10.8 Å². The number of nitrogens with zero attached hydrogens (tertiary/aromatic N) is 3. The molecule has 0 saturated carbocycles. The molecule has 12 nitrogen and oxygen atoms in total. The molecule has 0 bridgehead atoms. The molecule has 14 heteroatoms. The summed E-state index contributed by atoms with van der Waals surface area (Å²) >= 11 is 2.34. The first kappa shape index (κ1) is 26.9. The first-order chi connectivity index (χ1) is 15.7. The lowest BCUT2D eigenvalue weighted by molar-refractivity contribution is -0.150. The van der Waals surface area contributed by atoms with Gasteiger partial charge in [0.05, 0.1) is 5.41 Å². The first-order valence-corrected chi connectivity index (χ1v) is 11.5. The Morgan fingerprint density at radius 2 is 1.91 bits per heavy atom. The zero-order valence-corrected chi connectivity index (χ0v) is 20.7. The second-order valence-electron chi connectivity index (χ2n) is 8.12. The number of thiazole rings is 1. The fourth-order valence-corrected chi connectivity index (χ4v) is 4.42. The number of nitrogens with one attached hydrogen (secondary N) is 1. The lowest BCUT2D eigenvalue weighted by atomic mass is 9.98. The summed E-state index contributed by atoms with van der Waals surface area (Å²) in [6.45, 7) is 10.4. The van der Waals surface area contributed by atoms with Gasteiger partial charge in [0.25, 0.3) is 11.8 Å². The number of carboxylic acids is 2. The van der Waals surface area contributed by atoms with Crippen LogP contribution in [0.2, 0.25) is 0 Å². The molecule has 1 fully saturated rings. The molecular formula is C20H25N5O7S2. The molecule has 3 rings (SSSR count). The van der Waals surface area contributed by atoms with Crippen LogP contribution in [0.15, 0.2) is 33.3 Å². The molecule has 1 aromatic heterocycles. The SMILES string of the molecule is C=C1S[C@@H]2[C@H](NC(=O)C(=NOC)c3csc(N)n3)C(=O)N2C(C(=O)O)=C1C.CC(C)(C)C(=O)O. The number of carbonyl (C=O) groups is 4. The summed E-state index contributed by atoms with van der Waals surface area (Å²) in [5, 5.41) is 25.0. The van der Waals surface area contributed by atoms with Crippen molar-refractivity contribution >= 4 is 57.7 Å². The quantitative estimate of drug-likeness (QED) is 0.256. The van der Waals surface area contributed by atoms with Crippen LogP contribution >= 0.6 is 23.1 Å². The van der Waals surface area contributed by atoms with Crippen LogP contribution in [-0.4, -0.2) is 68.1 Å². The predicted molar refractivity (Wildman–Crippen MR) is 127 cm³/mol. The van der Waals surface area contributed by atoms with Crippen LogP contribution < -0.4 is 11.1 Å². The van der Waals surface area contributed by atoms with Crippen LogP contribution in [0.3, 0.4) is 0 Å². The number of carboxylic acid groups (broad SMARTS) is 2. The van der Waals surface area contributed by atoms with E-state index in [1.165, 1.54) is 24.3 Å². The highest BCUT2D eigenvalue weighted by Crippen LogP contribution is 2.45. The maximum absolute atomic E-state index is 12.6. The third-order valence-corrected chi connectivity index (χ3v) is 6.60. The van der Waals surface area contributed by atoms with Crippen molar-refractivity contribution in [1.29, 1.82) is 0 Å². The van der Waals surface area contributed by atoms with Gasteiger partial charge >= 0.3 is 11.9 Å². The smallest absolute Gasteiger partial charge is 0.352 e. The third-order valence-electron chi connectivity index (χ3n) is 4.61. The van der Waals surface area contributed by atoms with Crippen LogP contribution in [0.1, 0.15) is 33.4 Å². The van der Waals surface area contributed by atoms with Gasteiger partial charge in [-0.25, -0.2) is 9.78 Å². The van der Waals surface area contributed by atoms with Crippen molar-refractivity contribution in [2.75, 3.05) is 12.8 Å². The van der Waals surface area contributed by atoms with Crippen LogP contribution in [-0.2, 0) is 24.0 Å². The van der Waals surface area contributed by atoms with Crippen LogP contribution in [0, 0.1) is 5.41 Å². The molecule has 0 spiro atoms. The minimum atomic E-state index is -1.23. The number of aliphatic carboxylic acids is 2. The van der Waals surface area contributed by atoms with Gasteiger partial charge in [-0.15, -0.1) is 11.3 Å². The topological polar surface area (TPSA) is 185 Å². The number of amides is 2. The van der Waals surface area contributed by atoms with Gasteiger partial charge in [-0.2, -0.15) is 0 Å². The number of β-lactam (4-membered cyclic amide) rings is 1. The number of nitrogen functional groups attached to an aromatic ring is 1. The van der Waals surface area contributed by atoms with Gasteiger partial charge in [-0.1, -0.05) is 23.5 Å². The second-order valence-corrected chi connectivity index (χ2v) is 10.2. The summed E-state index contributed by atoms with van der Waals surface area (Å²) in [5.41, 5.74) is 5.36. The number of thioether (sulfide) groups is 1. The Balaban J connectivity index is 0.000000509. The fourth-order valence-electron chi connectivity index (χ4n) is 2.67. The number of carbonyl (C=O) groups excluding carboxylic acids is 2. The van der Waals surface area contributed by atoms with Crippen molar-refractivity contribution in [2.24, 2.45) is 10.6 Å². The maximum atomic E-state index is 12.6. The average molecular weight is 512 g/mol. The van der Waals surface area contributed by atoms with E-state index in [-0.39, 0.29) is 22.2 Å². The van der Waals surface area contributed by atoms with Gasteiger partial charge in [-0.05, 0) is 33.3 Å². The Kier molecular flexibility index (Phi) is 8.10. The number of rotatable bonds is 5. The summed E-state index contributed by atoms with van der Waals surface area (Å²) in [6.07, 6.45) is 0. The lowest BCUT2D eigenvalue weighted by Crippen LogP contribution is -2.70. The fraction of sp³-hybridized carbons (Fsp3) is 0.400. The van der Waals surface area contributed by atoms with E-state index in [4.69, 9.17) is 10.8 Å². The molecule has 184 valence electrons. The molecule has 5 N–H and O–H groups in total. The Hall–Kier alpha value is -3.39. The monoisotopic (exact) mass is 511 g/mol. The third kappa shape index (κ3) is 5.56. The molecule has 0 radical (unpaired) electrons. The molecule has 2 aliphatic rings. The van der Waals surface area contributed by atoms with Gasteiger partial charge in [0.2, 0.25) is 0 Å². The summed E-state index contributed by atoms with van der Waals surface area (Å²) < 4.78 is 0. The minimum absolute atomic E-state index is 0.127. The van der Waals surface area contributed by atoms with Gasteiger partial charge in [-0.3, -0.25) is 19.3 Å². The standard InChI is InChI=1S/C15H15N5O5S2.C5H10O2/c1-5-6(2)27-13-9(12(22)20(13)10(5)14(23)24)18-11(21)8(19-25-3)7-4-26-15(16)17-7;1-5(2,3)4(6)7/h4,9,13H,2H2,1,3H3,(H2,16,17)(H,18,21)(H,23,24);1-3H3,(H,6,7)/t9-,13-;/m1./s1. The molecule has 34 heavy (non-hydrogen) atoms. The number of hydrogen-bond donors (Lipinski definition) is 4. The molecule has 2 amide bonds. The molecule has 1 saturated heterocycles. The van der Waals surface area contributed by atoms with Crippen molar-refractivity contribution in [2.45, 2.75) is 39.1 Å². The van der Waals surface area contributed by atoms with E-state index in [1.807, 2.05) is 0 Å². The lowest BCUT2D eigenvalue weighted by Gasteiger charge is -2.49. The van der Waals surface area contributed by atoms with Gasteiger partial charge in [0.1, 0.15) is 29.9 Å². The average Bonchev–Trinajstić information content (AvgIpc) is 3.17. The minimum Gasteiger partial charge on any atom is -0.481 e. The number of hydrogen-bond acceptors (Lipinski definition) is 10. The number of anilines is 1. The van der Waals surface area contributed by atoms with Crippen LogP contribution in [0.5, 0.6) is 0 Å². The largest absolute Gasteiger partial charge is 0.481 e. The summed E-state index contributed by atoms with van der Waals surface area (Å²) in [5.74, 6) is -3.20. The zero-order valence-electron chi connectivity index (χ0n) is 19.1. The predicted octanol–water partition coefficient (Wildman–Crippen LogP) is 1.47. The number of oxime groups is 1. The zero-order chi connectivity index (χ0) is 26.0.